The molecule has 2 heteroatoms. The first-order valence-electron chi connectivity index (χ1n) is 5.08. The normalized spacial score (nSPS) is 10.5. The Hall–Kier alpha value is -2.22. The fraction of sp³-hybridized carbons (Fsp3) is 0. The van der Waals surface area contributed by atoms with Crippen LogP contribution in [0.4, 0.5) is 5.69 Å². The van der Waals surface area contributed by atoms with Crippen LogP contribution in [-0.4, -0.2) is 0 Å². The van der Waals surface area contributed by atoms with Gasteiger partial charge in [-0.25, -0.2) is 0 Å². The number of ether oxygens (including phenoxy) is 1. The van der Waals surface area contributed by atoms with Crippen LogP contribution in [-0.2, 0) is 0 Å². The van der Waals surface area contributed by atoms with Crippen molar-refractivity contribution in [3.05, 3.63) is 66.4 Å². The molecular weight excluding hydrogens is 198 g/mol. The fourth-order valence-electron chi connectivity index (χ4n) is 1.34. The number of benzene rings is 2. The molecular formula is C14H13NO. The van der Waals surface area contributed by atoms with E-state index in [0.717, 1.165) is 11.3 Å². The molecule has 0 aliphatic heterocycles. The summed E-state index contributed by atoms with van der Waals surface area (Å²) in [7, 11) is 0. The topological polar surface area (TPSA) is 35.2 Å². The quantitative estimate of drug-likeness (QED) is 0.624. The lowest BCUT2D eigenvalue weighted by molar-refractivity contribution is 0.485. The van der Waals surface area contributed by atoms with Crippen molar-refractivity contribution in [1.82, 2.24) is 0 Å². The highest BCUT2D eigenvalue weighted by atomic mass is 16.5. The summed E-state index contributed by atoms with van der Waals surface area (Å²) in [6.07, 6.45) is 3.56. The fourth-order valence-corrected chi connectivity index (χ4v) is 1.34. The van der Waals surface area contributed by atoms with Gasteiger partial charge in [-0.05, 0) is 23.8 Å². The van der Waals surface area contributed by atoms with Gasteiger partial charge < -0.3 is 10.5 Å². The molecule has 2 aromatic rings. The van der Waals surface area contributed by atoms with Crippen LogP contribution in [0.15, 0.2) is 60.9 Å². The van der Waals surface area contributed by atoms with E-state index in [1.54, 1.807) is 12.3 Å². The van der Waals surface area contributed by atoms with Crippen molar-refractivity contribution in [3.8, 4) is 5.75 Å². The van der Waals surface area contributed by atoms with E-state index < -0.39 is 0 Å². The highest BCUT2D eigenvalue weighted by molar-refractivity contribution is 5.49. The molecule has 0 spiro atoms. The van der Waals surface area contributed by atoms with E-state index >= 15 is 0 Å². The molecule has 2 nitrogen and oxygen atoms in total. The Morgan fingerprint density at radius 1 is 0.938 bits per heavy atom. The Labute approximate surface area is 95.0 Å². The van der Waals surface area contributed by atoms with Crippen molar-refractivity contribution >= 4 is 11.8 Å². The lowest BCUT2D eigenvalue weighted by Gasteiger charge is -2.00. The van der Waals surface area contributed by atoms with Crippen LogP contribution in [0.5, 0.6) is 5.75 Å². The average Bonchev–Trinajstić information content (AvgIpc) is 2.30. The second-order valence-corrected chi connectivity index (χ2v) is 3.40. The van der Waals surface area contributed by atoms with Gasteiger partial charge in [-0.15, -0.1) is 0 Å². The smallest absolute Gasteiger partial charge is 0.128 e. The van der Waals surface area contributed by atoms with E-state index in [2.05, 4.69) is 0 Å². The van der Waals surface area contributed by atoms with Crippen LogP contribution in [0.25, 0.3) is 6.08 Å². The van der Waals surface area contributed by atoms with E-state index in [9.17, 15) is 0 Å². The molecule has 80 valence electrons. The van der Waals surface area contributed by atoms with Gasteiger partial charge >= 0.3 is 0 Å². The highest BCUT2D eigenvalue weighted by Gasteiger charge is 1.90. The zero-order valence-corrected chi connectivity index (χ0v) is 8.84. The zero-order chi connectivity index (χ0) is 11.2. The predicted molar refractivity (Wildman–Crippen MR) is 67.0 cm³/mol. The largest absolute Gasteiger partial charge is 0.465 e. The molecule has 0 aliphatic rings. The van der Waals surface area contributed by atoms with Crippen LogP contribution in [0.3, 0.4) is 0 Å². The third-order valence-corrected chi connectivity index (χ3v) is 2.12. The minimum Gasteiger partial charge on any atom is -0.465 e. The molecule has 0 heterocycles. The van der Waals surface area contributed by atoms with Gasteiger partial charge in [0, 0.05) is 11.8 Å². The van der Waals surface area contributed by atoms with E-state index in [4.69, 9.17) is 10.5 Å². The maximum absolute atomic E-state index is 5.64. The second-order valence-electron chi connectivity index (χ2n) is 3.40. The number of rotatable bonds is 3. The van der Waals surface area contributed by atoms with Gasteiger partial charge in [-0.3, -0.25) is 0 Å². The van der Waals surface area contributed by atoms with Gasteiger partial charge in [-0.1, -0.05) is 36.4 Å². The van der Waals surface area contributed by atoms with Crippen LogP contribution in [0.1, 0.15) is 5.56 Å². The van der Waals surface area contributed by atoms with E-state index in [-0.39, 0.29) is 0 Å². The number of nitrogens with two attached hydrogens (primary N) is 1. The summed E-state index contributed by atoms with van der Waals surface area (Å²) in [5, 5.41) is 0. The van der Waals surface area contributed by atoms with Crippen molar-refractivity contribution < 1.29 is 4.74 Å². The van der Waals surface area contributed by atoms with Crippen molar-refractivity contribution in [3.63, 3.8) is 0 Å². The van der Waals surface area contributed by atoms with Crippen molar-refractivity contribution in [2.45, 2.75) is 0 Å². The molecule has 0 aliphatic carbocycles. The van der Waals surface area contributed by atoms with Gasteiger partial charge in [0.25, 0.3) is 0 Å². The number of anilines is 1. The van der Waals surface area contributed by atoms with E-state index in [0.29, 0.717) is 5.69 Å². The highest BCUT2D eigenvalue weighted by Crippen LogP contribution is 2.15. The molecule has 16 heavy (non-hydrogen) atoms. The van der Waals surface area contributed by atoms with E-state index in [1.807, 2.05) is 54.6 Å². The van der Waals surface area contributed by atoms with Gasteiger partial charge in [0.15, 0.2) is 0 Å². The van der Waals surface area contributed by atoms with Crippen LogP contribution >= 0.6 is 0 Å². The Bertz CT molecular complexity index is 477. The minimum atomic E-state index is 0.700. The lowest BCUT2D eigenvalue weighted by atomic mass is 10.2. The molecule has 0 atom stereocenters. The lowest BCUT2D eigenvalue weighted by Crippen LogP contribution is -1.86. The summed E-state index contributed by atoms with van der Waals surface area (Å²) >= 11 is 0. The number of hydrogen-bond acceptors (Lipinski definition) is 2. The van der Waals surface area contributed by atoms with Gasteiger partial charge in [0.05, 0.1) is 6.26 Å². The second kappa shape index (κ2) is 5.03. The van der Waals surface area contributed by atoms with Crippen molar-refractivity contribution in [1.29, 1.82) is 0 Å². The van der Waals surface area contributed by atoms with Crippen LogP contribution in [0, 0.1) is 0 Å². The summed E-state index contributed by atoms with van der Waals surface area (Å²) in [5.41, 5.74) is 7.44. The average molecular weight is 211 g/mol. The standard InChI is InChI=1S/C14H13NO/c15-13-7-4-8-14(11-13)16-10-9-12-5-2-1-3-6-12/h1-11H,15H2. The molecule has 0 saturated carbocycles. The summed E-state index contributed by atoms with van der Waals surface area (Å²) in [6.45, 7) is 0. The van der Waals surface area contributed by atoms with Gasteiger partial charge in [0.2, 0.25) is 0 Å². The van der Waals surface area contributed by atoms with Gasteiger partial charge in [-0.2, -0.15) is 0 Å². The molecule has 0 saturated heterocycles. The van der Waals surface area contributed by atoms with Crippen LogP contribution in [0.2, 0.25) is 0 Å². The Balaban J connectivity index is 2.00. The first-order valence-corrected chi connectivity index (χ1v) is 5.08. The monoisotopic (exact) mass is 211 g/mol. The third-order valence-electron chi connectivity index (χ3n) is 2.12. The SMILES string of the molecule is Nc1cccc(OC=Cc2ccccc2)c1. The summed E-state index contributed by atoms with van der Waals surface area (Å²) in [4.78, 5) is 0. The molecule has 0 unspecified atom stereocenters. The molecule has 2 aromatic carbocycles. The van der Waals surface area contributed by atoms with Gasteiger partial charge in [0.1, 0.15) is 5.75 Å². The minimum absolute atomic E-state index is 0.700. The summed E-state index contributed by atoms with van der Waals surface area (Å²) in [6, 6.07) is 17.3. The third kappa shape index (κ3) is 2.89. The first-order chi connectivity index (χ1) is 7.84. The molecule has 0 aromatic heterocycles. The predicted octanol–water partition coefficient (Wildman–Crippen LogP) is 3.32. The van der Waals surface area contributed by atoms with Crippen molar-refractivity contribution in [2.75, 3.05) is 5.73 Å². The Morgan fingerprint density at radius 3 is 2.50 bits per heavy atom. The summed E-state index contributed by atoms with van der Waals surface area (Å²) < 4.78 is 5.43. The molecule has 0 bridgehead atoms. The number of nitrogen functional groups attached to an aromatic ring is 1. The molecule has 2 N–H and O–H groups in total. The first kappa shape index (κ1) is 10.3. The molecule has 0 fully saturated rings. The maximum Gasteiger partial charge on any atom is 0.128 e. The summed E-state index contributed by atoms with van der Waals surface area (Å²) in [5.74, 6) is 0.743. The van der Waals surface area contributed by atoms with E-state index in [1.165, 1.54) is 0 Å². The molecule has 2 rings (SSSR count). The number of hydrogen-bond donors (Lipinski definition) is 1. The zero-order valence-electron chi connectivity index (χ0n) is 8.84. The van der Waals surface area contributed by atoms with Crippen molar-refractivity contribution in [2.24, 2.45) is 0 Å². The molecule has 0 radical (unpaired) electrons. The Kier molecular flexibility index (Phi) is 3.24. The Morgan fingerprint density at radius 2 is 1.75 bits per heavy atom. The maximum atomic E-state index is 5.64. The molecule has 0 amide bonds. The van der Waals surface area contributed by atoms with Crippen LogP contribution < -0.4 is 10.5 Å².